The zero-order valence-electron chi connectivity index (χ0n) is 7.81. The molecule has 0 saturated carbocycles. The lowest BCUT2D eigenvalue weighted by Gasteiger charge is -1.93. The average molecular weight is 309 g/mol. The van der Waals surface area contributed by atoms with Crippen LogP contribution >= 0.6 is 38.9 Å². The first-order chi connectivity index (χ1) is 7.22. The number of rotatable bonds is 3. The molecule has 0 aromatic carbocycles. The fourth-order valence-electron chi connectivity index (χ4n) is 1.09. The smallest absolute Gasteiger partial charge is 0.168 e. The summed E-state index contributed by atoms with van der Waals surface area (Å²) in [6.45, 7) is 0. The van der Waals surface area contributed by atoms with Crippen molar-refractivity contribution < 1.29 is 0 Å². The maximum absolute atomic E-state index is 5.63. The third kappa shape index (κ3) is 2.19. The summed E-state index contributed by atoms with van der Waals surface area (Å²) >= 11 is 10.5. The molecule has 0 fully saturated rings. The van der Waals surface area contributed by atoms with E-state index in [-0.39, 0.29) is 0 Å². The van der Waals surface area contributed by atoms with E-state index in [0.29, 0.717) is 10.5 Å². The fraction of sp³-hybridized carbons (Fsp3) is 0.429. The Kier molecular flexibility index (Phi) is 3.32. The van der Waals surface area contributed by atoms with Gasteiger partial charge in [-0.2, -0.15) is 0 Å². The third-order valence-corrected chi connectivity index (χ3v) is 3.48. The van der Waals surface area contributed by atoms with Gasteiger partial charge in [0.25, 0.3) is 0 Å². The Morgan fingerprint density at radius 1 is 1.40 bits per heavy atom. The predicted molar refractivity (Wildman–Crippen MR) is 62.0 cm³/mol. The van der Waals surface area contributed by atoms with E-state index < -0.39 is 0 Å². The fourth-order valence-corrected chi connectivity index (χ4v) is 2.94. The lowest BCUT2D eigenvalue weighted by Crippen LogP contribution is -1.93. The molecule has 0 aliphatic heterocycles. The van der Waals surface area contributed by atoms with Crippen LogP contribution in [0.25, 0.3) is 10.7 Å². The molecule has 80 valence electrons. The Hall–Kier alpha value is -0.530. The first-order valence-corrected chi connectivity index (χ1v) is 6.30. The standard InChI is InChI=1S/C7H7BrClN5S/c1-14-5(6(8)11-13-14)7-12-10-4(15-7)2-3-9/h2-3H2,1H3. The summed E-state index contributed by atoms with van der Waals surface area (Å²) in [6.07, 6.45) is 0.738. The van der Waals surface area contributed by atoms with Crippen molar-refractivity contribution in [2.75, 3.05) is 5.88 Å². The summed E-state index contributed by atoms with van der Waals surface area (Å²) in [4.78, 5) is 0. The van der Waals surface area contributed by atoms with Gasteiger partial charge in [-0.15, -0.1) is 26.9 Å². The minimum atomic E-state index is 0.555. The Labute approximate surface area is 104 Å². The Morgan fingerprint density at radius 2 is 2.20 bits per heavy atom. The van der Waals surface area contributed by atoms with E-state index in [9.17, 15) is 0 Å². The molecule has 0 atom stereocenters. The van der Waals surface area contributed by atoms with Crippen molar-refractivity contribution in [1.29, 1.82) is 0 Å². The first kappa shape index (κ1) is 11.0. The normalized spacial score (nSPS) is 10.9. The van der Waals surface area contributed by atoms with Gasteiger partial charge in [0.1, 0.15) is 10.7 Å². The highest BCUT2D eigenvalue weighted by Crippen LogP contribution is 2.28. The number of halogens is 2. The summed E-state index contributed by atoms with van der Waals surface area (Å²) in [6, 6.07) is 0. The zero-order valence-corrected chi connectivity index (χ0v) is 11.0. The molecule has 0 aliphatic carbocycles. The number of hydrogen-bond donors (Lipinski definition) is 0. The highest BCUT2D eigenvalue weighted by molar-refractivity contribution is 9.10. The highest BCUT2D eigenvalue weighted by atomic mass is 79.9. The quantitative estimate of drug-likeness (QED) is 0.812. The van der Waals surface area contributed by atoms with E-state index in [0.717, 1.165) is 22.1 Å². The summed E-state index contributed by atoms with van der Waals surface area (Å²) in [5, 5.41) is 17.6. The van der Waals surface area contributed by atoms with E-state index in [2.05, 4.69) is 36.4 Å². The number of nitrogens with zero attached hydrogens (tertiary/aromatic N) is 5. The molecule has 0 saturated heterocycles. The van der Waals surface area contributed by atoms with Gasteiger partial charge in [-0.05, 0) is 15.9 Å². The molecule has 0 spiro atoms. The zero-order chi connectivity index (χ0) is 10.8. The van der Waals surface area contributed by atoms with Crippen LogP contribution in [0.3, 0.4) is 0 Å². The van der Waals surface area contributed by atoms with Gasteiger partial charge in [-0.1, -0.05) is 16.6 Å². The van der Waals surface area contributed by atoms with E-state index in [1.54, 1.807) is 4.68 Å². The van der Waals surface area contributed by atoms with Gasteiger partial charge in [0, 0.05) is 19.3 Å². The van der Waals surface area contributed by atoms with Crippen molar-refractivity contribution >= 4 is 38.9 Å². The monoisotopic (exact) mass is 307 g/mol. The van der Waals surface area contributed by atoms with Crippen molar-refractivity contribution in [2.24, 2.45) is 7.05 Å². The second-order valence-electron chi connectivity index (χ2n) is 2.79. The molecule has 0 unspecified atom stereocenters. The number of hydrogen-bond acceptors (Lipinski definition) is 5. The molecule has 0 aliphatic rings. The Bertz CT molecular complexity index is 448. The summed E-state index contributed by atoms with van der Waals surface area (Å²) in [5.74, 6) is 0.555. The molecule has 5 nitrogen and oxygen atoms in total. The lowest BCUT2D eigenvalue weighted by atomic mass is 10.5. The molecular formula is C7H7BrClN5S. The van der Waals surface area contributed by atoms with Gasteiger partial charge in [0.15, 0.2) is 9.61 Å². The molecule has 0 radical (unpaired) electrons. The molecule has 2 rings (SSSR count). The maximum Gasteiger partial charge on any atom is 0.168 e. The Balaban J connectivity index is 2.37. The molecular weight excluding hydrogens is 302 g/mol. The van der Waals surface area contributed by atoms with Crippen molar-refractivity contribution in [3.63, 3.8) is 0 Å². The molecule has 2 aromatic rings. The van der Waals surface area contributed by atoms with Crippen LogP contribution in [0.4, 0.5) is 0 Å². The first-order valence-electron chi connectivity index (χ1n) is 4.16. The molecule has 8 heteroatoms. The largest absolute Gasteiger partial charge is 0.244 e. The SMILES string of the molecule is Cn1nnc(Br)c1-c1nnc(CCCl)s1. The van der Waals surface area contributed by atoms with Gasteiger partial charge < -0.3 is 0 Å². The lowest BCUT2D eigenvalue weighted by molar-refractivity contribution is 0.719. The van der Waals surface area contributed by atoms with Crippen LogP contribution in [0.5, 0.6) is 0 Å². The van der Waals surface area contributed by atoms with Gasteiger partial charge in [-0.25, -0.2) is 4.68 Å². The van der Waals surface area contributed by atoms with E-state index in [1.807, 2.05) is 7.05 Å². The van der Waals surface area contributed by atoms with Gasteiger partial charge in [0.05, 0.1) is 0 Å². The summed E-state index contributed by atoms with van der Waals surface area (Å²) < 4.78 is 2.34. The maximum atomic E-state index is 5.63. The van der Waals surface area contributed by atoms with Crippen LogP contribution in [0.1, 0.15) is 5.01 Å². The van der Waals surface area contributed by atoms with Crippen molar-refractivity contribution in [1.82, 2.24) is 25.2 Å². The Morgan fingerprint density at radius 3 is 2.80 bits per heavy atom. The van der Waals surface area contributed by atoms with Gasteiger partial charge in [-0.3, -0.25) is 0 Å². The number of alkyl halides is 1. The van der Waals surface area contributed by atoms with E-state index >= 15 is 0 Å². The summed E-state index contributed by atoms with van der Waals surface area (Å²) in [5.41, 5.74) is 0.841. The second kappa shape index (κ2) is 4.54. The van der Waals surface area contributed by atoms with Crippen molar-refractivity contribution in [3.05, 3.63) is 9.61 Å². The predicted octanol–water partition coefficient (Wildman–Crippen LogP) is 1.88. The van der Waals surface area contributed by atoms with E-state index in [1.165, 1.54) is 11.3 Å². The van der Waals surface area contributed by atoms with Gasteiger partial charge in [0.2, 0.25) is 0 Å². The molecule has 0 amide bonds. The number of aryl methyl sites for hydroxylation is 2. The molecule has 0 bridgehead atoms. The third-order valence-electron chi connectivity index (χ3n) is 1.76. The van der Waals surface area contributed by atoms with Crippen molar-refractivity contribution in [3.8, 4) is 10.7 Å². The van der Waals surface area contributed by atoms with Crippen molar-refractivity contribution in [2.45, 2.75) is 6.42 Å². The van der Waals surface area contributed by atoms with Crippen LogP contribution in [0, 0.1) is 0 Å². The van der Waals surface area contributed by atoms with Crippen LogP contribution < -0.4 is 0 Å². The van der Waals surface area contributed by atoms with Crippen LogP contribution in [0.2, 0.25) is 0 Å². The molecule has 2 heterocycles. The molecule has 2 aromatic heterocycles. The van der Waals surface area contributed by atoms with Crippen LogP contribution in [0.15, 0.2) is 4.60 Å². The summed E-state index contributed by atoms with van der Waals surface area (Å²) in [7, 11) is 1.82. The number of aromatic nitrogens is 5. The minimum absolute atomic E-state index is 0.555. The topological polar surface area (TPSA) is 56.5 Å². The highest BCUT2D eigenvalue weighted by Gasteiger charge is 2.15. The molecule has 15 heavy (non-hydrogen) atoms. The van der Waals surface area contributed by atoms with Crippen LogP contribution in [-0.4, -0.2) is 31.1 Å². The van der Waals surface area contributed by atoms with Crippen LogP contribution in [-0.2, 0) is 13.5 Å². The minimum Gasteiger partial charge on any atom is -0.244 e. The van der Waals surface area contributed by atoms with Gasteiger partial charge >= 0.3 is 0 Å². The van der Waals surface area contributed by atoms with E-state index in [4.69, 9.17) is 11.6 Å². The second-order valence-corrected chi connectivity index (χ2v) is 4.98. The molecule has 0 N–H and O–H groups in total. The average Bonchev–Trinajstić information content (AvgIpc) is 2.75.